The molecule has 0 aliphatic heterocycles. The lowest BCUT2D eigenvalue weighted by Crippen LogP contribution is -2.07. The number of aryl methyl sites for hydroxylation is 1. The number of ether oxygens (including phenoxy) is 2. The van der Waals surface area contributed by atoms with Gasteiger partial charge in [-0.05, 0) is 49.4 Å². The molecule has 0 fully saturated rings. The summed E-state index contributed by atoms with van der Waals surface area (Å²) in [6, 6.07) is 11.1. The lowest BCUT2D eigenvalue weighted by molar-refractivity contribution is -0.137. The molecule has 0 spiro atoms. The number of imidazole rings is 1. The van der Waals surface area contributed by atoms with Crippen molar-refractivity contribution in [2.75, 3.05) is 7.11 Å². The summed E-state index contributed by atoms with van der Waals surface area (Å²) >= 11 is 5.85. The third kappa shape index (κ3) is 5.09. The van der Waals surface area contributed by atoms with Gasteiger partial charge in [0.1, 0.15) is 17.6 Å². The van der Waals surface area contributed by atoms with E-state index in [9.17, 15) is 13.2 Å². The number of pyridine rings is 2. The van der Waals surface area contributed by atoms with E-state index in [0.717, 1.165) is 34.8 Å². The van der Waals surface area contributed by atoms with Gasteiger partial charge in [-0.25, -0.2) is 9.97 Å². The van der Waals surface area contributed by atoms with E-state index in [1.165, 1.54) is 13.2 Å². The van der Waals surface area contributed by atoms with Gasteiger partial charge >= 0.3 is 6.18 Å². The maximum Gasteiger partial charge on any atom is 0.417 e. The fourth-order valence-electron chi connectivity index (χ4n) is 3.16. The Morgan fingerprint density at radius 2 is 1.76 bits per heavy atom. The molecular weight excluding hydrogens is 457 g/mol. The van der Waals surface area contributed by atoms with Crippen molar-refractivity contribution < 1.29 is 22.6 Å². The van der Waals surface area contributed by atoms with Crippen LogP contribution in [0.4, 0.5) is 13.2 Å². The van der Waals surface area contributed by atoms with Crippen LogP contribution >= 0.6 is 11.6 Å². The van der Waals surface area contributed by atoms with E-state index in [4.69, 9.17) is 21.1 Å². The largest absolute Gasteiger partial charge is 0.493 e. The second-order valence-electron chi connectivity index (χ2n) is 7.12. The predicted octanol–water partition coefficient (Wildman–Crippen LogP) is 6.10. The zero-order valence-electron chi connectivity index (χ0n) is 17.6. The molecule has 0 unspecified atom stereocenters. The Morgan fingerprint density at radius 1 is 0.970 bits per heavy atom. The van der Waals surface area contributed by atoms with E-state index in [2.05, 4.69) is 19.9 Å². The van der Waals surface area contributed by atoms with Gasteiger partial charge in [-0.1, -0.05) is 11.6 Å². The highest BCUT2D eigenvalue weighted by molar-refractivity contribution is 6.29. The Bertz CT molecular complexity index is 1260. The summed E-state index contributed by atoms with van der Waals surface area (Å²) in [4.78, 5) is 15.8. The van der Waals surface area contributed by atoms with Gasteiger partial charge in [0.15, 0.2) is 11.5 Å². The number of nitrogens with zero attached hydrogens (tertiary/aromatic N) is 3. The lowest BCUT2D eigenvalue weighted by Gasteiger charge is -2.12. The molecule has 0 aliphatic rings. The van der Waals surface area contributed by atoms with Crippen molar-refractivity contribution in [2.45, 2.75) is 19.7 Å². The molecule has 4 rings (SSSR count). The summed E-state index contributed by atoms with van der Waals surface area (Å²) < 4.78 is 49.2. The van der Waals surface area contributed by atoms with E-state index in [1.54, 1.807) is 24.4 Å². The minimum atomic E-state index is -4.43. The van der Waals surface area contributed by atoms with Gasteiger partial charge in [-0.15, -0.1) is 0 Å². The first-order valence-electron chi connectivity index (χ1n) is 9.76. The molecule has 1 N–H and O–H groups in total. The molecule has 33 heavy (non-hydrogen) atoms. The molecule has 0 saturated heterocycles. The van der Waals surface area contributed by atoms with E-state index >= 15 is 0 Å². The van der Waals surface area contributed by atoms with Gasteiger partial charge in [0, 0.05) is 29.2 Å². The third-order valence-electron chi connectivity index (χ3n) is 4.85. The van der Waals surface area contributed by atoms with Crippen molar-refractivity contribution in [1.29, 1.82) is 0 Å². The molecule has 3 heterocycles. The summed E-state index contributed by atoms with van der Waals surface area (Å²) in [6.45, 7) is 1.89. The molecule has 170 valence electrons. The number of nitrogens with one attached hydrogen (secondary N) is 1. The Hall–Kier alpha value is -3.59. The number of rotatable bonds is 6. The molecule has 3 aromatic heterocycles. The number of benzene rings is 1. The second kappa shape index (κ2) is 9.11. The normalized spacial score (nSPS) is 11.5. The summed E-state index contributed by atoms with van der Waals surface area (Å²) in [5.41, 5.74) is 2.73. The molecule has 0 amide bonds. The van der Waals surface area contributed by atoms with Gasteiger partial charge in [-0.2, -0.15) is 13.2 Å². The molecule has 1 aromatic carbocycles. The number of hydrogen-bond donors (Lipinski definition) is 1. The zero-order chi connectivity index (χ0) is 23.6. The summed E-state index contributed by atoms with van der Waals surface area (Å²) in [5, 5.41) is 0.397. The predicted molar refractivity (Wildman–Crippen MR) is 117 cm³/mol. The van der Waals surface area contributed by atoms with Crippen LogP contribution in [0.25, 0.3) is 22.6 Å². The standard InChI is InChI=1S/C23H18ClF3N4O2/c1-13-21(31-22(30-13)15-4-8-20(24)29-10-15)14-3-7-18(19(9-14)32-2)33-12-17-6-5-16(11-28-17)23(25,26)27/h3-11H,12H2,1-2H3,(H,30,31). The van der Waals surface area contributed by atoms with Gasteiger partial charge in [0.05, 0.1) is 24.1 Å². The van der Waals surface area contributed by atoms with Crippen LogP contribution in [0.1, 0.15) is 17.0 Å². The molecule has 6 nitrogen and oxygen atoms in total. The first-order valence-corrected chi connectivity index (χ1v) is 10.1. The highest BCUT2D eigenvalue weighted by Gasteiger charge is 2.30. The second-order valence-corrected chi connectivity index (χ2v) is 7.51. The maximum absolute atomic E-state index is 12.7. The molecule has 0 radical (unpaired) electrons. The number of H-pyrrole nitrogens is 1. The molecule has 0 aliphatic carbocycles. The van der Waals surface area contributed by atoms with Crippen LogP contribution in [0.15, 0.2) is 54.9 Å². The van der Waals surface area contributed by atoms with Crippen LogP contribution in [-0.4, -0.2) is 27.0 Å². The maximum atomic E-state index is 12.7. The summed E-state index contributed by atoms with van der Waals surface area (Å²) in [6.07, 6.45) is -2.01. The Morgan fingerprint density at radius 3 is 2.39 bits per heavy atom. The van der Waals surface area contributed by atoms with Gasteiger partial charge < -0.3 is 14.5 Å². The quantitative estimate of drug-likeness (QED) is 0.342. The topological polar surface area (TPSA) is 72.9 Å². The monoisotopic (exact) mass is 474 g/mol. The number of halogens is 4. The van der Waals surface area contributed by atoms with Crippen LogP contribution < -0.4 is 9.47 Å². The van der Waals surface area contributed by atoms with Crippen LogP contribution in [0.3, 0.4) is 0 Å². The van der Waals surface area contributed by atoms with E-state index in [1.807, 2.05) is 19.1 Å². The third-order valence-corrected chi connectivity index (χ3v) is 5.07. The van der Waals surface area contributed by atoms with E-state index in [-0.39, 0.29) is 6.61 Å². The molecular formula is C23H18ClF3N4O2. The Labute approximate surface area is 192 Å². The highest BCUT2D eigenvalue weighted by atomic mass is 35.5. The Kier molecular flexibility index (Phi) is 6.24. The van der Waals surface area contributed by atoms with Crippen molar-refractivity contribution in [3.8, 4) is 34.1 Å². The van der Waals surface area contributed by atoms with Crippen molar-refractivity contribution >= 4 is 11.6 Å². The van der Waals surface area contributed by atoms with Crippen LogP contribution in [0, 0.1) is 6.92 Å². The molecule has 0 bridgehead atoms. The van der Waals surface area contributed by atoms with E-state index in [0.29, 0.717) is 28.2 Å². The number of aromatic nitrogens is 4. The fraction of sp³-hybridized carbons (Fsp3) is 0.174. The van der Waals surface area contributed by atoms with Gasteiger partial charge in [-0.3, -0.25) is 4.98 Å². The summed E-state index contributed by atoms with van der Waals surface area (Å²) in [7, 11) is 1.50. The smallest absolute Gasteiger partial charge is 0.417 e. The highest BCUT2D eigenvalue weighted by Crippen LogP contribution is 2.34. The van der Waals surface area contributed by atoms with E-state index < -0.39 is 11.7 Å². The first-order chi connectivity index (χ1) is 15.7. The molecule has 10 heteroatoms. The van der Waals surface area contributed by atoms with Gasteiger partial charge in [0.2, 0.25) is 0 Å². The summed E-state index contributed by atoms with van der Waals surface area (Å²) in [5.74, 6) is 1.54. The number of hydrogen-bond acceptors (Lipinski definition) is 5. The molecule has 0 saturated carbocycles. The SMILES string of the molecule is COc1cc(-c2nc(-c3ccc(Cl)nc3)[nH]c2C)ccc1OCc1ccc(C(F)(F)F)cn1. The minimum Gasteiger partial charge on any atom is -0.493 e. The van der Waals surface area contributed by atoms with Crippen molar-refractivity contribution in [2.24, 2.45) is 0 Å². The van der Waals surface area contributed by atoms with Crippen molar-refractivity contribution in [1.82, 2.24) is 19.9 Å². The Balaban J connectivity index is 1.53. The molecule has 4 aromatic rings. The first kappa shape index (κ1) is 22.6. The van der Waals surface area contributed by atoms with Crippen molar-refractivity contribution in [3.63, 3.8) is 0 Å². The minimum absolute atomic E-state index is 0.0109. The number of methoxy groups -OCH3 is 1. The van der Waals surface area contributed by atoms with Crippen LogP contribution in [0.5, 0.6) is 11.5 Å². The number of aromatic amines is 1. The fourth-order valence-corrected chi connectivity index (χ4v) is 3.27. The average molecular weight is 475 g/mol. The zero-order valence-corrected chi connectivity index (χ0v) is 18.3. The van der Waals surface area contributed by atoms with Gasteiger partial charge in [0.25, 0.3) is 0 Å². The lowest BCUT2D eigenvalue weighted by atomic mass is 10.1. The van der Waals surface area contributed by atoms with Crippen LogP contribution in [-0.2, 0) is 12.8 Å². The molecule has 0 atom stereocenters. The average Bonchev–Trinajstić information content (AvgIpc) is 3.19. The van der Waals surface area contributed by atoms with Crippen LogP contribution in [0.2, 0.25) is 5.15 Å². The van der Waals surface area contributed by atoms with Crippen molar-refractivity contribution in [3.05, 3.63) is 77.0 Å². The number of alkyl halides is 3.